The van der Waals surface area contributed by atoms with Gasteiger partial charge < -0.3 is 10.4 Å². The highest BCUT2D eigenvalue weighted by Crippen LogP contribution is 2.18. The van der Waals surface area contributed by atoms with Crippen LogP contribution in [-0.2, 0) is 0 Å². The van der Waals surface area contributed by atoms with Crippen LogP contribution in [0.1, 0.15) is 37.6 Å². The number of nitrogens with zero attached hydrogens (tertiary/aromatic N) is 1. The van der Waals surface area contributed by atoms with Crippen molar-refractivity contribution >= 4 is 5.91 Å². The van der Waals surface area contributed by atoms with Crippen LogP contribution in [0.2, 0.25) is 0 Å². The van der Waals surface area contributed by atoms with Crippen LogP contribution in [0.3, 0.4) is 0 Å². The molecule has 1 amide bonds. The van der Waals surface area contributed by atoms with Crippen LogP contribution >= 0.6 is 0 Å². The lowest BCUT2D eigenvalue weighted by molar-refractivity contribution is 0.00592. The van der Waals surface area contributed by atoms with E-state index in [1.165, 1.54) is 12.3 Å². The fourth-order valence-electron chi connectivity index (χ4n) is 1.49. The van der Waals surface area contributed by atoms with Gasteiger partial charge in [0, 0.05) is 12.7 Å². The van der Waals surface area contributed by atoms with Gasteiger partial charge in [-0.1, -0.05) is 20.3 Å². The van der Waals surface area contributed by atoms with Gasteiger partial charge in [-0.3, -0.25) is 4.79 Å². The van der Waals surface area contributed by atoms with Crippen molar-refractivity contribution in [3.63, 3.8) is 0 Å². The Balaban J connectivity index is 2.58. The van der Waals surface area contributed by atoms with E-state index in [0.29, 0.717) is 0 Å². The average Bonchev–Trinajstić information content (AvgIpc) is 2.35. The van der Waals surface area contributed by atoms with Crippen molar-refractivity contribution in [2.75, 3.05) is 6.54 Å². The first-order valence-corrected chi connectivity index (χ1v) is 5.99. The van der Waals surface area contributed by atoms with Gasteiger partial charge in [0.25, 0.3) is 5.91 Å². The van der Waals surface area contributed by atoms with E-state index in [-0.39, 0.29) is 23.9 Å². The van der Waals surface area contributed by atoms with Crippen molar-refractivity contribution in [1.82, 2.24) is 10.3 Å². The molecule has 1 aromatic rings. The SMILES string of the molecule is CCC(C)C(C)(O)CNC(=O)c1ccc(F)nc1. The molecule has 0 fully saturated rings. The van der Waals surface area contributed by atoms with E-state index in [9.17, 15) is 14.3 Å². The number of carbonyl (C=O) groups is 1. The number of carbonyl (C=O) groups excluding carboxylic acids is 1. The summed E-state index contributed by atoms with van der Waals surface area (Å²) in [5, 5.41) is 12.8. The van der Waals surface area contributed by atoms with Gasteiger partial charge in [0.2, 0.25) is 5.95 Å². The number of amides is 1. The summed E-state index contributed by atoms with van der Waals surface area (Å²) in [6, 6.07) is 2.48. The third-order valence-corrected chi connectivity index (χ3v) is 3.27. The first kappa shape index (κ1) is 14.6. The molecule has 0 saturated heterocycles. The molecule has 0 radical (unpaired) electrons. The lowest BCUT2D eigenvalue weighted by atomic mass is 9.88. The van der Waals surface area contributed by atoms with Crippen LogP contribution in [0, 0.1) is 11.9 Å². The summed E-state index contributed by atoms with van der Waals surface area (Å²) in [6.07, 6.45) is 1.99. The standard InChI is InChI=1S/C13H19FN2O2/c1-4-9(2)13(3,18)8-16-12(17)10-5-6-11(14)15-7-10/h5-7,9,18H,4,8H2,1-3H3,(H,16,17). The van der Waals surface area contributed by atoms with Crippen LogP contribution in [0.4, 0.5) is 4.39 Å². The number of halogens is 1. The van der Waals surface area contributed by atoms with E-state index in [2.05, 4.69) is 10.3 Å². The van der Waals surface area contributed by atoms with Gasteiger partial charge in [0.1, 0.15) is 0 Å². The Morgan fingerprint density at radius 3 is 2.78 bits per heavy atom. The first-order valence-electron chi connectivity index (χ1n) is 5.99. The highest BCUT2D eigenvalue weighted by Gasteiger charge is 2.27. The highest BCUT2D eigenvalue weighted by molar-refractivity contribution is 5.93. The number of hydrogen-bond acceptors (Lipinski definition) is 3. The Morgan fingerprint density at radius 1 is 1.61 bits per heavy atom. The molecule has 4 nitrogen and oxygen atoms in total. The summed E-state index contributed by atoms with van der Waals surface area (Å²) >= 11 is 0. The zero-order valence-corrected chi connectivity index (χ0v) is 10.9. The number of aliphatic hydroxyl groups is 1. The second-order valence-electron chi connectivity index (χ2n) is 4.72. The number of nitrogens with one attached hydrogen (secondary N) is 1. The summed E-state index contributed by atoms with van der Waals surface area (Å²) in [4.78, 5) is 15.1. The molecule has 0 aliphatic carbocycles. The van der Waals surface area contributed by atoms with E-state index in [0.717, 1.165) is 12.5 Å². The minimum absolute atomic E-state index is 0.0733. The molecular formula is C13H19FN2O2. The zero-order chi connectivity index (χ0) is 13.8. The molecular weight excluding hydrogens is 235 g/mol. The number of hydrogen-bond donors (Lipinski definition) is 2. The molecule has 1 heterocycles. The number of rotatable bonds is 5. The Hall–Kier alpha value is -1.49. The lowest BCUT2D eigenvalue weighted by Crippen LogP contribution is -2.45. The quantitative estimate of drug-likeness (QED) is 0.787. The Kier molecular flexibility index (Phi) is 4.78. The molecule has 0 aliphatic heterocycles. The lowest BCUT2D eigenvalue weighted by Gasteiger charge is -2.29. The molecule has 18 heavy (non-hydrogen) atoms. The fraction of sp³-hybridized carbons (Fsp3) is 0.538. The van der Waals surface area contributed by atoms with E-state index < -0.39 is 11.5 Å². The fourth-order valence-corrected chi connectivity index (χ4v) is 1.49. The summed E-state index contributed by atoms with van der Waals surface area (Å²) in [5.41, 5.74) is -0.686. The van der Waals surface area contributed by atoms with Gasteiger partial charge in [-0.15, -0.1) is 0 Å². The van der Waals surface area contributed by atoms with Crippen LogP contribution in [0.25, 0.3) is 0 Å². The van der Waals surface area contributed by atoms with Crippen molar-refractivity contribution in [1.29, 1.82) is 0 Å². The van der Waals surface area contributed by atoms with Gasteiger partial charge >= 0.3 is 0 Å². The predicted molar refractivity (Wildman–Crippen MR) is 66.6 cm³/mol. The van der Waals surface area contributed by atoms with Gasteiger partial charge in [-0.05, 0) is 25.0 Å². The maximum absolute atomic E-state index is 12.6. The Bertz CT molecular complexity index is 404. The van der Waals surface area contributed by atoms with Gasteiger partial charge in [-0.25, -0.2) is 4.98 Å². The Morgan fingerprint density at radius 2 is 2.28 bits per heavy atom. The number of aromatic nitrogens is 1. The zero-order valence-electron chi connectivity index (χ0n) is 10.9. The maximum atomic E-state index is 12.6. The first-order chi connectivity index (χ1) is 8.36. The van der Waals surface area contributed by atoms with Crippen molar-refractivity contribution in [2.24, 2.45) is 5.92 Å². The third-order valence-electron chi connectivity index (χ3n) is 3.27. The molecule has 1 aromatic heterocycles. The monoisotopic (exact) mass is 254 g/mol. The van der Waals surface area contributed by atoms with E-state index in [1.807, 2.05) is 13.8 Å². The van der Waals surface area contributed by atoms with Gasteiger partial charge in [0.15, 0.2) is 0 Å². The second-order valence-corrected chi connectivity index (χ2v) is 4.72. The van der Waals surface area contributed by atoms with Crippen molar-refractivity contribution in [3.8, 4) is 0 Å². The van der Waals surface area contributed by atoms with Gasteiger partial charge in [0.05, 0.1) is 11.2 Å². The molecule has 100 valence electrons. The molecule has 0 saturated carbocycles. The van der Waals surface area contributed by atoms with Crippen molar-refractivity contribution in [2.45, 2.75) is 32.8 Å². The normalized spacial score (nSPS) is 15.8. The summed E-state index contributed by atoms with van der Waals surface area (Å²) < 4.78 is 12.6. The maximum Gasteiger partial charge on any atom is 0.252 e. The molecule has 2 unspecified atom stereocenters. The smallest absolute Gasteiger partial charge is 0.252 e. The molecule has 1 rings (SSSR count). The number of pyridine rings is 1. The van der Waals surface area contributed by atoms with Crippen LogP contribution < -0.4 is 5.32 Å². The molecule has 0 aromatic carbocycles. The molecule has 2 atom stereocenters. The third kappa shape index (κ3) is 3.77. The average molecular weight is 254 g/mol. The molecule has 5 heteroatoms. The van der Waals surface area contributed by atoms with Crippen molar-refractivity contribution in [3.05, 3.63) is 29.8 Å². The summed E-state index contributed by atoms with van der Waals surface area (Å²) in [6.45, 7) is 5.74. The second kappa shape index (κ2) is 5.91. The molecule has 0 aliphatic rings. The minimum Gasteiger partial charge on any atom is -0.388 e. The van der Waals surface area contributed by atoms with E-state index >= 15 is 0 Å². The predicted octanol–water partition coefficient (Wildman–Crippen LogP) is 1.75. The van der Waals surface area contributed by atoms with Gasteiger partial charge in [-0.2, -0.15) is 4.39 Å². The molecule has 2 N–H and O–H groups in total. The largest absolute Gasteiger partial charge is 0.388 e. The molecule has 0 bridgehead atoms. The van der Waals surface area contributed by atoms with Crippen LogP contribution in [0.5, 0.6) is 0 Å². The van der Waals surface area contributed by atoms with E-state index in [1.54, 1.807) is 6.92 Å². The van der Waals surface area contributed by atoms with E-state index in [4.69, 9.17) is 0 Å². The summed E-state index contributed by atoms with van der Waals surface area (Å²) in [5.74, 6) is -0.923. The van der Waals surface area contributed by atoms with Crippen LogP contribution in [-0.4, -0.2) is 28.1 Å². The Labute approximate surface area is 106 Å². The molecule has 0 spiro atoms. The van der Waals surface area contributed by atoms with Crippen molar-refractivity contribution < 1.29 is 14.3 Å². The highest BCUT2D eigenvalue weighted by atomic mass is 19.1. The minimum atomic E-state index is -0.960. The van der Waals surface area contributed by atoms with Crippen LogP contribution in [0.15, 0.2) is 18.3 Å². The topological polar surface area (TPSA) is 62.2 Å². The summed E-state index contributed by atoms with van der Waals surface area (Å²) in [7, 11) is 0.